The van der Waals surface area contributed by atoms with Crippen LogP contribution in [0.3, 0.4) is 0 Å². The maximum absolute atomic E-state index is 12.8. The normalized spacial score (nSPS) is 10.4. The monoisotopic (exact) mass is 490 g/mol. The molecule has 2 aromatic carbocycles. The first-order chi connectivity index (χ1) is 14.5. The summed E-state index contributed by atoms with van der Waals surface area (Å²) in [6, 6.07) is 12.4. The largest absolute Gasteiger partial charge is 0.495 e. The molecule has 1 amide bonds. The summed E-state index contributed by atoms with van der Waals surface area (Å²) < 4.78 is 16.3. The number of amides is 1. The Balaban J connectivity index is 1.95. The lowest BCUT2D eigenvalue weighted by molar-refractivity contribution is 0.0532. The number of carbonyl (C=O) groups excluding carboxylic acids is 2. The van der Waals surface area contributed by atoms with Crippen LogP contribution in [0.15, 0.2) is 46.9 Å². The third kappa shape index (κ3) is 4.63. The third-order valence-corrected chi connectivity index (χ3v) is 5.80. The molecule has 0 unspecified atom stereocenters. The van der Waals surface area contributed by atoms with Gasteiger partial charge in [-0.1, -0.05) is 41.7 Å². The quantitative estimate of drug-likeness (QED) is 0.468. The summed E-state index contributed by atoms with van der Waals surface area (Å²) in [5.41, 5.74) is 1.53. The molecule has 0 aliphatic rings. The van der Waals surface area contributed by atoms with Gasteiger partial charge in [-0.3, -0.25) is 10.1 Å². The fraction of sp³-hybridized carbons (Fsp3) is 0.190. The van der Waals surface area contributed by atoms with E-state index < -0.39 is 11.9 Å². The zero-order chi connectivity index (χ0) is 21.7. The van der Waals surface area contributed by atoms with Gasteiger partial charge in [0.15, 0.2) is 5.13 Å². The standard InChI is InChI=1S/C21H19BrN2O5S/c1-4-29-20(26)18-17(12-8-6-5-7-9-12)23-21(30-18)24-19(25)13-10-14(27-2)16(22)15(11-13)28-3/h5-11H,4H2,1-3H3,(H,23,24,25). The lowest BCUT2D eigenvalue weighted by Gasteiger charge is -2.11. The number of rotatable bonds is 7. The molecule has 3 rings (SSSR count). The van der Waals surface area contributed by atoms with E-state index in [0.29, 0.717) is 32.1 Å². The van der Waals surface area contributed by atoms with Gasteiger partial charge in [-0.05, 0) is 35.0 Å². The molecule has 1 heterocycles. The zero-order valence-corrected chi connectivity index (χ0v) is 18.9. The van der Waals surface area contributed by atoms with E-state index in [4.69, 9.17) is 14.2 Å². The number of aromatic nitrogens is 1. The van der Waals surface area contributed by atoms with Crippen molar-refractivity contribution < 1.29 is 23.8 Å². The minimum Gasteiger partial charge on any atom is -0.495 e. The van der Waals surface area contributed by atoms with Crippen molar-refractivity contribution in [2.45, 2.75) is 6.92 Å². The van der Waals surface area contributed by atoms with Gasteiger partial charge in [-0.2, -0.15) is 0 Å². The van der Waals surface area contributed by atoms with Crippen LogP contribution in [-0.2, 0) is 4.74 Å². The summed E-state index contributed by atoms with van der Waals surface area (Å²) in [4.78, 5) is 30.0. The van der Waals surface area contributed by atoms with Crippen LogP contribution in [0.4, 0.5) is 5.13 Å². The highest BCUT2D eigenvalue weighted by Gasteiger charge is 2.22. The average molecular weight is 491 g/mol. The smallest absolute Gasteiger partial charge is 0.350 e. The van der Waals surface area contributed by atoms with E-state index >= 15 is 0 Å². The Morgan fingerprint density at radius 2 is 1.73 bits per heavy atom. The van der Waals surface area contributed by atoms with E-state index in [1.165, 1.54) is 14.2 Å². The summed E-state index contributed by atoms with van der Waals surface area (Å²) in [6.07, 6.45) is 0. The van der Waals surface area contributed by atoms with Crippen molar-refractivity contribution in [3.63, 3.8) is 0 Å². The first-order valence-electron chi connectivity index (χ1n) is 8.94. The number of methoxy groups -OCH3 is 2. The molecule has 0 saturated heterocycles. The predicted octanol–water partition coefficient (Wildman–Crippen LogP) is 5.02. The van der Waals surface area contributed by atoms with E-state index in [-0.39, 0.29) is 11.7 Å². The number of hydrogen-bond donors (Lipinski definition) is 1. The first kappa shape index (κ1) is 21.8. The molecular weight excluding hydrogens is 472 g/mol. The molecule has 1 aromatic heterocycles. The molecule has 0 fully saturated rings. The van der Waals surface area contributed by atoms with Crippen molar-refractivity contribution in [1.82, 2.24) is 4.98 Å². The van der Waals surface area contributed by atoms with Gasteiger partial charge < -0.3 is 14.2 Å². The van der Waals surface area contributed by atoms with Crippen LogP contribution in [0.2, 0.25) is 0 Å². The van der Waals surface area contributed by atoms with Gasteiger partial charge in [0.1, 0.15) is 20.8 Å². The Morgan fingerprint density at radius 3 is 2.30 bits per heavy atom. The Labute approximate surface area is 186 Å². The van der Waals surface area contributed by atoms with Crippen molar-refractivity contribution in [1.29, 1.82) is 0 Å². The van der Waals surface area contributed by atoms with Gasteiger partial charge in [0.25, 0.3) is 5.91 Å². The second-order valence-electron chi connectivity index (χ2n) is 5.93. The van der Waals surface area contributed by atoms with Crippen LogP contribution >= 0.6 is 27.3 Å². The highest BCUT2D eigenvalue weighted by molar-refractivity contribution is 9.10. The Morgan fingerprint density at radius 1 is 1.10 bits per heavy atom. The molecule has 30 heavy (non-hydrogen) atoms. The molecule has 156 valence electrons. The number of esters is 1. The van der Waals surface area contributed by atoms with Crippen molar-refractivity contribution in [3.05, 3.63) is 57.4 Å². The van der Waals surface area contributed by atoms with Gasteiger partial charge in [0.2, 0.25) is 0 Å². The number of nitrogens with zero attached hydrogens (tertiary/aromatic N) is 1. The summed E-state index contributed by atoms with van der Waals surface area (Å²) in [6.45, 7) is 1.98. The van der Waals surface area contributed by atoms with Gasteiger partial charge in [-0.15, -0.1) is 0 Å². The maximum Gasteiger partial charge on any atom is 0.350 e. The maximum atomic E-state index is 12.8. The highest BCUT2D eigenvalue weighted by Crippen LogP contribution is 2.36. The topological polar surface area (TPSA) is 86.8 Å². The number of thiazole rings is 1. The molecule has 0 radical (unpaired) electrons. The SMILES string of the molecule is CCOC(=O)c1sc(NC(=O)c2cc(OC)c(Br)c(OC)c2)nc1-c1ccccc1. The zero-order valence-electron chi connectivity index (χ0n) is 16.5. The van der Waals surface area contributed by atoms with Crippen molar-refractivity contribution in [2.75, 3.05) is 26.1 Å². The van der Waals surface area contributed by atoms with Crippen LogP contribution < -0.4 is 14.8 Å². The number of nitrogens with one attached hydrogen (secondary N) is 1. The summed E-state index contributed by atoms with van der Waals surface area (Å²) in [5.74, 6) is 0.0101. The molecule has 1 N–H and O–H groups in total. The van der Waals surface area contributed by atoms with Crippen molar-refractivity contribution >= 4 is 44.3 Å². The van der Waals surface area contributed by atoms with Gasteiger partial charge in [0, 0.05) is 11.1 Å². The molecular formula is C21H19BrN2O5S. The van der Waals surface area contributed by atoms with Crippen LogP contribution in [0.1, 0.15) is 27.0 Å². The number of hydrogen-bond acceptors (Lipinski definition) is 7. The second kappa shape index (κ2) is 9.73. The minimum absolute atomic E-state index is 0.241. The number of benzene rings is 2. The van der Waals surface area contributed by atoms with E-state index in [1.807, 2.05) is 30.3 Å². The number of anilines is 1. The predicted molar refractivity (Wildman–Crippen MR) is 119 cm³/mol. The summed E-state index contributed by atoms with van der Waals surface area (Å²) in [7, 11) is 3.00. The van der Waals surface area contributed by atoms with Crippen LogP contribution in [0, 0.1) is 0 Å². The van der Waals surface area contributed by atoms with E-state index in [0.717, 1.165) is 16.9 Å². The molecule has 0 spiro atoms. The van der Waals surface area contributed by atoms with Gasteiger partial charge in [-0.25, -0.2) is 9.78 Å². The van der Waals surface area contributed by atoms with Crippen molar-refractivity contribution in [3.8, 4) is 22.8 Å². The molecule has 0 saturated carbocycles. The molecule has 0 aliphatic carbocycles. The molecule has 0 bridgehead atoms. The van der Waals surface area contributed by atoms with E-state index in [9.17, 15) is 9.59 Å². The Kier molecular flexibility index (Phi) is 7.07. The summed E-state index contributed by atoms with van der Waals surface area (Å²) in [5, 5.41) is 3.02. The molecule has 3 aromatic rings. The van der Waals surface area contributed by atoms with Gasteiger partial charge >= 0.3 is 5.97 Å². The van der Waals surface area contributed by atoms with E-state index in [1.54, 1.807) is 19.1 Å². The molecule has 0 atom stereocenters. The first-order valence-corrected chi connectivity index (χ1v) is 10.6. The Hall–Kier alpha value is -2.91. The minimum atomic E-state index is -0.485. The lowest BCUT2D eigenvalue weighted by Crippen LogP contribution is -2.12. The van der Waals surface area contributed by atoms with Crippen molar-refractivity contribution in [2.24, 2.45) is 0 Å². The lowest BCUT2D eigenvalue weighted by atomic mass is 10.1. The van der Waals surface area contributed by atoms with Crippen LogP contribution in [0.5, 0.6) is 11.5 Å². The fourth-order valence-corrected chi connectivity index (χ4v) is 4.10. The number of halogens is 1. The number of carbonyl (C=O) groups is 2. The molecule has 7 nitrogen and oxygen atoms in total. The van der Waals surface area contributed by atoms with Crippen LogP contribution in [0.25, 0.3) is 11.3 Å². The highest BCUT2D eigenvalue weighted by atomic mass is 79.9. The Bertz CT molecular complexity index is 1040. The molecule has 9 heteroatoms. The van der Waals surface area contributed by atoms with Crippen LogP contribution in [-0.4, -0.2) is 37.7 Å². The van der Waals surface area contributed by atoms with Gasteiger partial charge in [0.05, 0.1) is 26.5 Å². The summed E-state index contributed by atoms with van der Waals surface area (Å²) >= 11 is 4.44. The number of ether oxygens (including phenoxy) is 3. The average Bonchev–Trinajstić information content (AvgIpc) is 3.18. The van der Waals surface area contributed by atoms with E-state index in [2.05, 4.69) is 26.2 Å². The molecule has 0 aliphatic heterocycles. The fourth-order valence-electron chi connectivity index (χ4n) is 2.67. The second-order valence-corrected chi connectivity index (χ2v) is 7.72. The third-order valence-electron chi connectivity index (χ3n) is 4.06.